The highest BCUT2D eigenvalue weighted by Crippen LogP contribution is 2.45. The first-order valence-corrected chi connectivity index (χ1v) is 11.9. The largest absolute Gasteiger partial charge is 0.508 e. The minimum absolute atomic E-state index is 0.152. The zero-order chi connectivity index (χ0) is 27.1. The fourth-order valence-corrected chi connectivity index (χ4v) is 4.14. The van der Waals surface area contributed by atoms with Gasteiger partial charge in [0.2, 0.25) is 5.75 Å². The fraction of sp³-hybridized carbons (Fsp3) is 0.286. The molecule has 2 N–H and O–H groups in total. The van der Waals surface area contributed by atoms with E-state index >= 15 is 0 Å². The van der Waals surface area contributed by atoms with E-state index < -0.39 is 5.91 Å². The Balaban J connectivity index is 1.45. The van der Waals surface area contributed by atoms with E-state index in [9.17, 15) is 9.90 Å². The minimum atomic E-state index is -0.437. The quantitative estimate of drug-likeness (QED) is 0.303. The van der Waals surface area contributed by atoms with Gasteiger partial charge in [0.05, 0.1) is 34.7 Å². The van der Waals surface area contributed by atoms with E-state index in [-0.39, 0.29) is 18.5 Å². The lowest BCUT2D eigenvalue weighted by Crippen LogP contribution is -2.24. The Bertz CT molecular complexity index is 1280. The Morgan fingerprint density at radius 2 is 1.68 bits per heavy atom. The Hall–Kier alpha value is -4.60. The van der Waals surface area contributed by atoms with Crippen molar-refractivity contribution in [2.45, 2.75) is 18.9 Å². The van der Waals surface area contributed by atoms with Crippen molar-refractivity contribution < 1.29 is 38.3 Å². The van der Waals surface area contributed by atoms with Crippen LogP contribution >= 0.6 is 0 Å². The zero-order valence-corrected chi connectivity index (χ0v) is 21.6. The third-order valence-corrected chi connectivity index (χ3v) is 6.01. The van der Waals surface area contributed by atoms with Crippen LogP contribution in [0.3, 0.4) is 0 Å². The van der Waals surface area contributed by atoms with E-state index in [0.717, 1.165) is 16.7 Å². The van der Waals surface area contributed by atoms with Crippen molar-refractivity contribution in [3.05, 3.63) is 65.2 Å². The van der Waals surface area contributed by atoms with Crippen LogP contribution in [0.4, 0.5) is 0 Å². The zero-order valence-electron chi connectivity index (χ0n) is 21.6. The lowest BCUT2D eigenvalue weighted by atomic mass is 9.96. The molecule has 1 heterocycles. The maximum atomic E-state index is 12.2. The molecule has 0 radical (unpaired) electrons. The van der Waals surface area contributed by atoms with Gasteiger partial charge in [-0.15, -0.1) is 0 Å². The molecule has 3 aromatic rings. The highest BCUT2D eigenvalue weighted by molar-refractivity contribution is 5.83. The summed E-state index contributed by atoms with van der Waals surface area (Å²) in [6, 6.07) is 13.6. The lowest BCUT2D eigenvalue weighted by Gasteiger charge is -2.29. The van der Waals surface area contributed by atoms with Crippen LogP contribution in [0.15, 0.2) is 53.6 Å². The topological polar surface area (TPSA) is 117 Å². The van der Waals surface area contributed by atoms with Crippen LogP contribution in [0.2, 0.25) is 0 Å². The van der Waals surface area contributed by atoms with Crippen LogP contribution < -0.4 is 33.8 Å². The number of hydrogen-bond donors (Lipinski definition) is 2. The summed E-state index contributed by atoms with van der Waals surface area (Å²) >= 11 is 0. The second-order valence-corrected chi connectivity index (χ2v) is 8.38. The molecule has 10 nitrogen and oxygen atoms in total. The van der Waals surface area contributed by atoms with Crippen LogP contribution in [0.1, 0.15) is 29.2 Å². The second-order valence-electron chi connectivity index (χ2n) is 8.38. The maximum absolute atomic E-state index is 12.2. The van der Waals surface area contributed by atoms with Gasteiger partial charge in [-0.2, -0.15) is 5.10 Å². The molecular weight excluding hydrogens is 492 g/mol. The molecule has 0 spiro atoms. The van der Waals surface area contributed by atoms with Crippen LogP contribution in [0.5, 0.6) is 40.2 Å². The van der Waals surface area contributed by atoms with Gasteiger partial charge < -0.3 is 33.5 Å². The predicted octanol–water partition coefficient (Wildman–Crippen LogP) is 4.02. The summed E-state index contributed by atoms with van der Waals surface area (Å²) in [7, 11) is 6.28. The molecule has 0 saturated carbocycles. The summed E-state index contributed by atoms with van der Waals surface area (Å²) in [4.78, 5) is 12.2. The van der Waals surface area contributed by atoms with Gasteiger partial charge in [0.25, 0.3) is 5.91 Å². The fourth-order valence-electron chi connectivity index (χ4n) is 4.14. The highest BCUT2D eigenvalue weighted by Gasteiger charge is 2.27. The van der Waals surface area contributed by atoms with Crippen LogP contribution in [-0.2, 0) is 11.2 Å². The molecule has 1 aliphatic heterocycles. The highest BCUT2D eigenvalue weighted by atomic mass is 16.5. The number of nitrogens with one attached hydrogen (secondary N) is 1. The van der Waals surface area contributed by atoms with Crippen molar-refractivity contribution in [1.29, 1.82) is 0 Å². The number of methoxy groups -OCH3 is 4. The van der Waals surface area contributed by atoms with E-state index in [4.69, 9.17) is 28.4 Å². The Morgan fingerprint density at radius 1 is 1.00 bits per heavy atom. The molecule has 1 aliphatic rings. The van der Waals surface area contributed by atoms with E-state index in [2.05, 4.69) is 10.5 Å². The SMILES string of the molecule is COc1cc(OCC(=O)N/N=C/c2ccc(O)cc2)cc2c1CCC(c1cc(OC)c(OC)c(OC)c1)O2. The van der Waals surface area contributed by atoms with Gasteiger partial charge in [-0.1, -0.05) is 0 Å². The Morgan fingerprint density at radius 3 is 2.32 bits per heavy atom. The number of carbonyl (C=O) groups is 1. The molecule has 1 unspecified atom stereocenters. The van der Waals surface area contributed by atoms with Gasteiger partial charge in [-0.05, 0) is 60.4 Å². The van der Waals surface area contributed by atoms with Crippen molar-refractivity contribution in [2.75, 3.05) is 35.0 Å². The van der Waals surface area contributed by atoms with Gasteiger partial charge >= 0.3 is 0 Å². The molecule has 10 heteroatoms. The molecule has 3 aromatic carbocycles. The van der Waals surface area contributed by atoms with Crippen molar-refractivity contribution >= 4 is 12.1 Å². The third kappa shape index (κ3) is 6.03. The van der Waals surface area contributed by atoms with Crippen molar-refractivity contribution in [3.8, 4) is 40.2 Å². The second kappa shape index (κ2) is 12.1. The number of benzene rings is 3. The molecule has 1 amide bonds. The number of amides is 1. The number of fused-ring (bicyclic) bond motifs is 1. The monoisotopic (exact) mass is 522 g/mol. The number of hydrogen-bond acceptors (Lipinski definition) is 9. The first kappa shape index (κ1) is 26.5. The van der Waals surface area contributed by atoms with Gasteiger partial charge in [-0.3, -0.25) is 4.79 Å². The van der Waals surface area contributed by atoms with Crippen LogP contribution in [-0.4, -0.2) is 52.3 Å². The number of ether oxygens (including phenoxy) is 6. The molecule has 0 aromatic heterocycles. The van der Waals surface area contributed by atoms with Crippen molar-refractivity contribution in [2.24, 2.45) is 5.10 Å². The summed E-state index contributed by atoms with van der Waals surface area (Å²) in [5.41, 5.74) is 4.94. The van der Waals surface area contributed by atoms with Gasteiger partial charge in [-0.25, -0.2) is 5.43 Å². The molecule has 1 atom stereocenters. The number of phenolic OH excluding ortho intramolecular Hbond substituents is 1. The number of phenols is 1. The first-order chi connectivity index (χ1) is 18.4. The molecule has 4 rings (SSSR count). The van der Waals surface area contributed by atoms with Gasteiger partial charge in [0, 0.05) is 17.7 Å². The summed E-state index contributed by atoms with van der Waals surface area (Å²) < 4.78 is 34.0. The van der Waals surface area contributed by atoms with Crippen molar-refractivity contribution in [3.63, 3.8) is 0 Å². The predicted molar refractivity (Wildman–Crippen MR) is 140 cm³/mol. The average molecular weight is 523 g/mol. The van der Waals surface area contributed by atoms with E-state index in [1.54, 1.807) is 52.7 Å². The van der Waals surface area contributed by atoms with Crippen molar-refractivity contribution in [1.82, 2.24) is 5.43 Å². The molecule has 0 fully saturated rings. The molecule has 0 aliphatic carbocycles. The Labute approximate surface area is 220 Å². The van der Waals surface area contributed by atoms with E-state index in [0.29, 0.717) is 47.3 Å². The molecule has 200 valence electrons. The standard InChI is InChI=1S/C28H30N2O8/c1-33-23-13-20(37-16-27(32)30-29-15-17-5-7-19(31)8-6-17)14-24-21(23)9-10-22(38-24)18-11-25(34-2)28(36-4)26(12-18)35-3/h5-8,11-15,22,31H,9-10,16H2,1-4H3,(H,30,32)/b29-15+. The minimum Gasteiger partial charge on any atom is -0.508 e. The average Bonchev–Trinajstić information content (AvgIpc) is 2.95. The third-order valence-electron chi connectivity index (χ3n) is 6.01. The van der Waals surface area contributed by atoms with E-state index in [1.165, 1.54) is 18.3 Å². The number of nitrogens with zero attached hydrogens (tertiary/aromatic N) is 1. The van der Waals surface area contributed by atoms with Gasteiger partial charge in [0.1, 0.15) is 29.1 Å². The molecular formula is C28H30N2O8. The van der Waals surface area contributed by atoms with Crippen LogP contribution in [0, 0.1) is 0 Å². The lowest BCUT2D eigenvalue weighted by molar-refractivity contribution is -0.123. The summed E-state index contributed by atoms with van der Waals surface area (Å²) in [5.74, 6) is 2.96. The molecule has 0 saturated heterocycles. The first-order valence-electron chi connectivity index (χ1n) is 11.9. The maximum Gasteiger partial charge on any atom is 0.277 e. The number of hydrazone groups is 1. The molecule has 0 bridgehead atoms. The van der Waals surface area contributed by atoms with E-state index in [1.807, 2.05) is 12.1 Å². The molecule has 38 heavy (non-hydrogen) atoms. The summed E-state index contributed by atoms with van der Waals surface area (Å²) in [5, 5.41) is 13.2. The smallest absolute Gasteiger partial charge is 0.277 e. The number of carbonyl (C=O) groups excluding carboxylic acids is 1. The number of rotatable bonds is 10. The Kier molecular flexibility index (Phi) is 8.42. The summed E-state index contributed by atoms with van der Waals surface area (Å²) in [6.07, 6.45) is 2.63. The van der Waals surface area contributed by atoms with Crippen LogP contribution in [0.25, 0.3) is 0 Å². The normalized spacial score (nSPS) is 14.3. The van der Waals surface area contributed by atoms with Gasteiger partial charge in [0.15, 0.2) is 18.1 Å². The summed E-state index contributed by atoms with van der Waals surface area (Å²) in [6.45, 7) is -0.259. The number of aromatic hydroxyl groups is 1.